The van der Waals surface area contributed by atoms with Gasteiger partial charge in [-0.1, -0.05) is 18.2 Å². The second kappa shape index (κ2) is 20.5. The molecule has 2 atom stereocenters. The zero-order chi connectivity index (χ0) is 44.4. The summed E-state index contributed by atoms with van der Waals surface area (Å²) in [5.41, 5.74) is 1.07. The molecule has 16 nitrogen and oxygen atoms in total. The molecule has 5 amide bonds. The van der Waals surface area contributed by atoms with Crippen LogP contribution in [0.2, 0.25) is 0 Å². The topological polar surface area (TPSA) is 199 Å². The molecule has 3 aromatic carbocycles. The molecule has 0 saturated carbocycles. The fourth-order valence-corrected chi connectivity index (χ4v) is 7.07. The summed E-state index contributed by atoms with van der Waals surface area (Å²) in [6.07, 6.45) is -2.89. The van der Waals surface area contributed by atoms with Gasteiger partial charge in [0.05, 0.1) is 62.4 Å². The molecule has 0 radical (unpaired) electrons. The summed E-state index contributed by atoms with van der Waals surface area (Å²) in [5, 5.41) is 11.9. The highest BCUT2D eigenvalue weighted by atomic mass is 19.4. The van der Waals surface area contributed by atoms with E-state index in [9.17, 15) is 37.1 Å². The molecule has 1 unspecified atom stereocenters. The van der Waals surface area contributed by atoms with Crippen LogP contribution in [-0.4, -0.2) is 104 Å². The van der Waals surface area contributed by atoms with Crippen molar-refractivity contribution in [2.24, 2.45) is 0 Å². The smallest absolute Gasteiger partial charge is 0.416 e. The number of unbranched alkanes of at least 4 members (excludes halogenated alkanes) is 1. The van der Waals surface area contributed by atoms with E-state index in [1.165, 1.54) is 19.2 Å². The lowest BCUT2D eigenvalue weighted by Crippen LogP contribution is -2.54. The summed E-state index contributed by atoms with van der Waals surface area (Å²) in [6.45, 7) is 5.59. The van der Waals surface area contributed by atoms with Crippen molar-refractivity contribution in [1.29, 1.82) is 0 Å². The lowest BCUT2D eigenvalue weighted by molar-refractivity contribution is -0.138. The quantitative estimate of drug-likeness (QED) is 0.0618. The second-order valence-electron chi connectivity index (χ2n) is 14.6. The maximum Gasteiger partial charge on any atom is 0.416 e. The molecule has 1 aromatic heterocycles. The molecule has 4 N–H and O–H groups in total. The number of nitrogens with one attached hydrogen (secondary N) is 4. The number of piperidine rings is 1. The summed E-state index contributed by atoms with van der Waals surface area (Å²) >= 11 is 0. The largest absolute Gasteiger partial charge is 0.493 e. The number of nitrogens with zero attached hydrogens (tertiary/aromatic N) is 3. The Hall–Kier alpha value is -6.34. The third-order valence-electron chi connectivity index (χ3n) is 10.2. The molecule has 1 fully saturated rings. The van der Waals surface area contributed by atoms with Crippen molar-refractivity contribution in [3.8, 4) is 11.5 Å². The number of carbonyl (C=O) groups is 5. The SMILES string of the molecule is COc1cc2c(N[C@H](C)c3cccc(C(F)(F)F)c3)nc(C)nc2cc1OCCCCC(=O)NCCOCCOCCNc1cccc2c1C(=O)N(C1CCC(=O)NC1=O)C2=O. The normalized spacial score (nSPS) is 15.6. The van der Waals surface area contributed by atoms with Crippen molar-refractivity contribution in [3.05, 3.63) is 82.7 Å². The van der Waals surface area contributed by atoms with Crippen molar-refractivity contribution in [2.45, 2.75) is 64.2 Å². The molecule has 1 saturated heterocycles. The molecular formula is C43H48F3N7O9. The molecular weight excluding hydrogens is 816 g/mol. The summed E-state index contributed by atoms with van der Waals surface area (Å²) in [6, 6.07) is 11.9. The number of hydrogen-bond donors (Lipinski definition) is 4. The highest BCUT2D eigenvalue weighted by Crippen LogP contribution is 2.37. The number of halogens is 3. The van der Waals surface area contributed by atoms with Gasteiger partial charge in [0.1, 0.15) is 17.7 Å². The first kappa shape index (κ1) is 45.2. The standard InChI is InChI=1S/C43H48F3N7O9/c1-25(27-8-6-9-28(22-27)43(44,45)46)49-39-30-23-34(59-3)35(24-32(30)50-26(2)51-39)62-17-5-4-12-36(54)48-16-19-61-21-20-60-18-15-47-31-11-7-10-29-38(31)42(58)53(41(29)57)33-13-14-37(55)52-40(33)56/h6-11,22-25,33,47H,4-5,12-21H2,1-3H3,(H,48,54)(H,49,50,51)(H,52,55,56)/t25-,33?/m1/s1. The minimum Gasteiger partial charge on any atom is -0.493 e. The van der Waals surface area contributed by atoms with Crippen LogP contribution in [0.4, 0.5) is 24.7 Å². The van der Waals surface area contributed by atoms with Gasteiger partial charge in [-0.25, -0.2) is 9.97 Å². The van der Waals surface area contributed by atoms with E-state index in [4.69, 9.17) is 18.9 Å². The van der Waals surface area contributed by atoms with Gasteiger partial charge in [-0.05, 0) is 69.0 Å². The van der Waals surface area contributed by atoms with Gasteiger partial charge in [-0.2, -0.15) is 13.2 Å². The van der Waals surface area contributed by atoms with Crippen LogP contribution in [0.5, 0.6) is 11.5 Å². The first-order valence-corrected chi connectivity index (χ1v) is 20.2. The highest BCUT2D eigenvalue weighted by Gasteiger charge is 2.45. The van der Waals surface area contributed by atoms with Gasteiger partial charge in [0.15, 0.2) is 11.5 Å². The third-order valence-corrected chi connectivity index (χ3v) is 10.2. The number of imide groups is 2. The van der Waals surface area contributed by atoms with E-state index < -0.39 is 47.5 Å². The number of rotatable bonds is 21. The van der Waals surface area contributed by atoms with E-state index in [-0.39, 0.29) is 36.5 Å². The Morgan fingerprint density at radius 2 is 1.68 bits per heavy atom. The van der Waals surface area contributed by atoms with Crippen LogP contribution in [0, 0.1) is 6.92 Å². The summed E-state index contributed by atoms with van der Waals surface area (Å²) < 4.78 is 62.7. The minimum absolute atomic E-state index is 0.0397. The van der Waals surface area contributed by atoms with Crippen LogP contribution in [0.25, 0.3) is 10.9 Å². The zero-order valence-electron chi connectivity index (χ0n) is 34.5. The van der Waals surface area contributed by atoms with Gasteiger partial charge in [0.25, 0.3) is 11.8 Å². The van der Waals surface area contributed by atoms with Crippen LogP contribution >= 0.6 is 0 Å². The number of anilines is 2. The number of carbonyl (C=O) groups excluding carboxylic acids is 5. The molecule has 330 valence electrons. The van der Waals surface area contributed by atoms with E-state index >= 15 is 0 Å². The van der Waals surface area contributed by atoms with Gasteiger partial charge < -0.3 is 34.9 Å². The van der Waals surface area contributed by atoms with Crippen LogP contribution in [0.1, 0.15) is 82.7 Å². The van der Waals surface area contributed by atoms with Gasteiger partial charge in [0.2, 0.25) is 17.7 Å². The van der Waals surface area contributed by atoms with Crippen LogP contribution in [0.15, 0.2) is 54.6 Å². The number of aryl methyl sites for hydroxylation is 1. The Morgan fingerprint density at radius 3 is 2.42 bits per heavy atom. The number of alkyl halides is 3. The molecule has 2 aliphatic rings. The Bertz CT molecular complexity index is 2310. The van der Waals surface area contributed by atoms with Gasteiger partial charge in [-0.3, -0.25) is 34.2 Å². The van der Waals surface area contributed by atoms with Crippen molar-refractivity contribution < 1.29 is 56.1 Å². The molecule has 3 heterocycles. The highest BCUT2D eigenvalue weighted by molar-refractivity contribution is 6.25. The lowest BCUT2D eigenvalue weighted by atomic mass is 10.0. The maximum absolute atomic E-state index is 13.3. The number of aromatic nitrogens is 2. The first-order valence-electron chi connectivity index (χ1n) is 20.2. The Balaban J connectivity index is 0.845. The minimum atomic E-state index is -4.46. The van der Waals surface area contributed by atoms with Gasteiger partial charge in [0, 0.05) is 49.1 Å². The van der Waals surface area contributed by atoms with Crippen molar-refractivity contribution in [3.63, 3.8) is 0 Å². The second-order valence-corrected chi connectivity index (χ2v) is 14.6. The van der Waals surface area contributed by atoms with Crippen molar-refractivity contribution >= 4 is 51.9 Å². The molecule has 62 heavy (non-hydrogen) atoms. The number of methoxy groups -OCH3 is 1. The molecule has 2 aliphatic heterocycles. The molecule has 4 aromatic rings. The van der Waals surface area contributed by atoms with Crippen LogP contribution < -0.4 is 30.7 Å². The van der Waals surface area contributed by atoms with E-state index in [1.807, 2.05) is 0 Å². The molecule has 19 heteroatoms. The van der Waals surface area contributed by atoms with Crippen molar-refractivity contribution in [1.82, 2.24) is 25.5 Å². The summed E-state index contributed by atoms with van der Waals surface area (Å²) in [4.78, 5) is 72.5. The molecule has 0 aliphatic carbocycles. The number of fused-ring (bicyclic) bond motifs is 2. The third kappa shape index (κ3) is 11.1. The lowest BCUT2D eigenvalue weighted by Gasteiger charge is -2.27. The van der Waals surface area contributed by atoms with Crippen LogP contribution in [0.3, 0.4) is 0 Å². The predicted octanol–water partition coefficient (Wildman–Crippen LogP) is 5.35. The monoisotopic (exact) mass is 863 g/mol. The van der Waals surface area contributed by atoms with Gasteiger partial charge in [-0.15, -0.1) is 0 Å². The van der Waals surface area contributed by atoms with E-state index in [0.29, 0.717) is 104 Å². The first-order chi connectivity index (χ1) is 29.7. The predicted molar refractivity (Wildman–Crippen MR) is 220 cm³/mol. The number of ether oxygens (including phenoxy) is 4. The van der Waals surface area contributed by atoms with Crippen LogP contribution in [-0.2, 0) is 30.0 Å². The molecule has 0 bridgehead atoms. The molecule has 6 rings (SSSR count). The summed E-state index contributed by atoms with van der Waals surface area (Å²) in [7, 11) is 1.50. The van der Waals surface area contributed by atoms with E-state index in [0.717, 1.165) is 17.0 Å². The Morgan fingerprint density at radius 1 is 0.919 bits per heavy atom. The number of hydrogen-bond acceptors (Lipinski definition) is 13. The fourth-order valence-electron chi connectivity index (χ4n) is 7.07. The average molecular weight is 864 g/mol. The van der Waals surface area contributed by atoms with E-state index in [1.54, 1.807) is 44.2 Å². The zero-order valence-corrected chi connectivity index (χ0v) is 34.5. The average Bonchev–Trinajstić information content (AvgIpc) is 3.49. The van der Waals surface area contributed by atoms with E-state index in [2.05, 4.69) is 31.2 Å². The van der Waals surface area contributed by atoms with Gasteiger partial charge >= 0.3 is 6.18 Å². The Labute approximate surface area is 355 Å². The number of amides is 5. The Kier molecular flexibility index (Phi) is 14.9. The summed E-state index contributed by atoms with van der Waals surface area (Å²) in [5.74, 6) is -0.636. The maximum atomic E-state index is 13.3. The fraction of sp³-hybridized carbons (Fsp3) is 0.419. The number of benzene rings is 3. The molecule has 0 spiro atoms. The van der Waals surface area contributed by atoms with Crippen molar-refractivity contribution in [2.75, 3.05) is 63.9 Å².